The van der Waals surface area contributed by atoms with E-state index in [1.165, 1.54) is 11.4 Å². The zero-order chi connectivity index (χ0) is 22.9. The van der Waals surface area contributed by atoms with Crippen LogP contribution in [-0.2, 0) is 27.8 Å². The highest BCUT2D eigenvalue weighted by Crippen LogP contribution is 2.42. The van der Waals surface area contributed by atoms with Crippen LogP contribution < -0.4 is 15.4 Å². The average Bonchev–Trinajstić information content (AvgIpc) is 3.57. The molecular weight excluding hydrogens is 434 g/mol. The molecule has 1 saturated carbocycles. The molecule has 1 aliphatic heterocycles. The van der Waals surface area contributed by atoms with Gasteiger partial charge < -0.3 is 10.1 Å². The van der Waals surface area contributed by atoms with Gasteiger partial charge in [-0.2, -0.15) is 0 Å². The normalized spacial score (nSPS) is 20.8. The fourth-order valence-corrected chi connectivity index (χ4v) is 5.30. The lowest BCUT2D eigenvalue weighted by molar-refractivity contribution is -0.123. The molecule has 0 bridgehead atoms. The summed E-state index contributed by atoms with van der Waals surface area (Å²) in [4.78, 5) is 32.4. The van der Waals surface area contributed by atoms with Gasteiger partial charge in [-0.05, 0) is 36.5 Å². The van der Waals surface area contributed by atoms with Gasteiger partial charge in [0.2, 0.25) is 10.0 Å². The second-order valence-corrected chi connectivity index (χ2v) is 10.2. The molecule has 1 atom stereocenters. The van der Waals surface area contributed by atoms with Crippen molar-refractivity contribution in [2.24, 2.45) is 5.92 Å². The number of hydrogen-bond donors (Lipinski definition) is 2. The number of urea groups is 1. The van der Waals surface area contributed by atoms with Crippen LogP contribution in [0.15, 0.2) is 36.7 Å². The van der Waals surface area contributed by atoms with Gasteiger partial charge in [-0.3, -0.25) is 10.1 Å². The van der Waals surface area contributed by atoms with Crippen LogP contribution in [0, 0.1) is 5.92 Å². The van der Waals surface area contributed by atoms with E-state index in [9.17, 15) is 18.0 Å². The lowest BCUT2D eigenvalue weighted by atomic mass is 9.96. The molecule has 1 aromatic carbocycles. The summed E-state index contributed by atoms with van der Waals surface area (Å²) in [6.45, 7) is 2.09. The molecule has 32 heavy (non-hydrogen) atoms. The molecule has 2 aliphatic rings. The molecule has 10 nitrogen and oxygen atoms in total. The van der Waals surface area contributed by atoms with Crippen molar-refractivity contribution in [2.45, 2.75) is 38.3 Å². The Balaban J connectivity index is 1.40. The number of sulfonamides is 1. The third-order valence-corrected chi connectivity index (χ3v) is 7.59. The Morgan fingerprint density at radius 3 is 2.31 bits per heavy atom. The number of ether oxygens (including phenoxy) is 1. The minimum absolute atomic E-state index is 0.118. The van der Waals surface area contributed by atoms with Crippen LogP contribution in [0.2, 0.25) is 0 Å². The van der Waals surface area contributed by atoms with Crippen LogP contribution >= 0.6 is 0 Å². The molecule has 11 heteroatoms. The molecular formula is C21H25N5O5S. The van der Waals surface area contributed by atoms with E-state index >= 15 is 0 Å². The van der Waals surface area contributed by atoms with Crippen molar-refractivity contribution < 1.29 is 22.7 Å². The van der Waals surface area contributed by atoms with Gasteiger partial charge in [0, 0.05) is 20.0 Å². The Labute approximate surface area is 186 Å². The van der Waals surface area contributed by atoms with Crippen molar-refractivity contribution in [1.82, 2.24) is 24.9 Å². The van der Waals surface area contributed by atoms with Gasteiger partial charge in [0.05, 0.1) is 18.1 Å². The lowest BCUT2D eigenvalue weighted by Gasteiger charge is -2.28. The van der Waals surface area contributed by atoms with Crippen molar-refractivity contribution in [1.29, 1.82) is 0 Å². The third-order valence-electron chi connectivity index (χ3n) is 5.69. The number of amides is 3. The highest BCUT2D eigenvalue weighted by molar-refractivity contribution is 7.89. The minimum atomic E-state index is -3.82. The molecule has 0 spiro atoms. The summed E-state index contributed by atoms with van der Waals surface area (Å²) in [6, 6.07) is 6.36. The number of nitrogens with zero attached hydrogens (tertiary/aromatic N) is 3. The van der Waals surface area contributed by atoms with E-state index in [1.54, 1.807) is 36.7 Å². The second kappa shape index (κ2) is 8.47. The molecule has 2 fully saturated rings. The minimum Gasteiger partial charge on any atom is -0.454 e. The Morgan fingerprint density at radius 1 is 1.12 bits per heavy atom. The van der Waals surface area contributed by atoms with Gasteiger partial charge in [-0.15, -0.1) is 0 Å². The fraction of sp³-hybridized carbons (Fsp3) is 0.429. The highest BCUT2D eigenvalue weighted by Gasteiger charge is 2.58. The summed E-state index contributed by atoms with van der Waals surface area (Å²) in [5, 5.41) is 4.74. The third kappa shape index (κ3) is 4.58. The quantitative estimate of drug-likeness (QED) is 0.545. The summed E-state index contributed by atoms with van der Waals surface area (Å²) < 4.78 is 32.9. The number of benzene rings is 1. The van der Waals surface area contributed by atoms with Gasteiger partial charge in [0.1, 0.15) is 17.1 Å². The Bertz CT molecular complexity index is 1120. The zero-order valence-corrected chi connectivity index (χ0v) is 18.7. The smallest absolute Gasteiger partial charge is 0.322 e. The first-order valence-electron chi connectivity index (χ1n) is 10.4. The number of carbonyl (C=O) groups is 2. The van der Waals surface area contributed by atoms with Gasteiger partial charge in [0.25, 0.3) is 5.91 Å². The number of imide groups is 1. The predicted molar refractivity (Wildman–Crippen MR) is 115 cm³/mol. The van der Waals surface area contributed by atoms with Crippen LogP contribution in [0.1, 0.15) is 31.2 Å². The molecule has 0 unspecified atom stereocenters. The van der Waals surface area contributed by atoms with E-state index in [1.807, 2.05) is 6.92 Å². The summed E-state index contributed by atoms with van der Waals surface area (Å²) in [5.74, 6) is 0.619. The van der Waals surface area contributed by atoms with Gasteiger partial charge in [0.15, 0.2) is 5.75 Å². The van der Waals surface area contributed by atoms with Crippen molar-refractivity contribution in [3.05, 3.63) is 48.0 Å². The highest BCUT2D eigenvalue weighted by atomic mass is 32.2. The number of aryl methyl sites for hydroxylation is 1. The van der Waals surface area contributed by atoms with Crippen molar-refractivity contribution in [3.63, 3.8) is 0 Å². The molecule has 2 N–H and O–H groups in total. The standard InChI is InChI=1S/C21H25N5O5S/c1-3-18-22-10-17(11-23-18)31-16-8-4-14(5-9-16)12-26(2)32(29,30)13-21(15-6-7-15)19(27)24-20(28)25-21/h4-5,8-11,15H,3,6-7,12-13H2,1-2H3,(H2,24,25,27,28)/t21-/m0/s1. The molecule has 170 valence electrons. The van der Waals surface area contributed by atoms with Gasteiger partial charge in [-0.25, -0.2) is 27.5 Å². The van der Waals surface area contributed by atoms with E-state index in [-0.39, 0.29) is 12.5 Å². The lowest BCUT2D eigenvalue weighted by Crippen LogP contribution is -2.56. The molecule has 2 heterocycles. The predicted octanol–water partition coefficient (Wildman–Crippen LogP) is 1.58. The number of aromatic nitrogens is 2. The van der Waals surface area contributed by atoms with Gasteiger partial charge in [-0.1, -0.05) is 19.1 Å². The molecule has 1 aliphatic carbocycles. The maximum Gasteiger partial charge on any atom is 0.322 e. The summed E-state index contributed by atoms with van der Waals surface area (Å²) in [7, 11) is -2.36. The van der Waals surface area contributed by atoms with Crippen molar-refractivity contribution >= 4 is 22.0 Å². The van der Waals surface area contributed by atoms with Crippen LogP contribution in [0.5, 0.6) is 11.5 Å². The fourth-order valence-electron chi connectivity index (χ4n) is 3.72. The summed E-state index contributed by atoms with van der Waals surface area (Å²) in [6.07, 6.45) is 5.37. The van der Waals surface area contributed by atoms with E-state index in [4.69, 9.17) is 4.74 Å². The summed E-state index contributed by atoms with van der Waals surface area (Å²) in [5.41, 5.74) is -0.640. The van der Waals surface area contributed by atoms with Gasteiger partial charge >= 0.3 is 6.03 Å². The second-order valence-electron chi connectivity index (χ2n) is 8.10. The SMILES string of the molecule is CCc1ncc(Oc2ccc(CN(C)S(=O)(=O)C[C@@]3(C4CC4)NC(=O)NC3=O)cc2)cn1. The maximum atomic E-state index is 13.0. The van der Waals surface area contributed by atoms with E-state index in [0.717, 1.165) is 17.8 Å². The Morgan fingerprint density at radius 2 is 1.78 bits per heavy atom. The first kappa shape index (κ1) is 22.2. The van der Waals surface area contributed by atoms with Crippen molar-refractivity contribution in [2.75, 3.05) is 12.8 Å². The number of nitrogens with one attached hydrogen (secondary N) is 2. The first-order chi connectivity index (χ1) is 15.2. The van der Waals surface area contributed by atoms with Crippen LogP contribution in [0.4, 0.5) is 4.79 Å². The molecule has 3 amide bonds. The van der Waals surface area contributed by atoms with Crippen LogP contribution in [-0.4, -0.2) is 53.0 Å². The number of carbonyl (C=O) groups excluding carboxylic acids is 2. The zero-order valence-electron chi connectivity index (χ0n) is 17.9. The largest absolute Gasteiger partial charge is 0.454 e. The molecule has 2 aromatic rings. The summed E-state index contributed by atoms with van der Waals surface area (Å²) >= 11 is 0. The topological polar surface area (TPSA) is 131 Å². The Hall–Kier alpha value is -3.05. The number of rotatable bonds is 9. The van der Waals surface area contributed by atoms with E-state index < -0.39 is 33.3 Å². The molecule has 4 rings (SSSR count). The average molecular weight is 460 g/mol. The maximum absolute atomic E-state index is 13.0. The Kier molecular flexibility index (Phi) is 5.87. The monoisotopic (exact) mass is 459 g/mol. The van der Waals surface area contributed by atoms with Crippen LogP contribution in [0.3, 0.4) is 0 Å². The van der Waals surface area contributed by atoms with Crippen molar-refractivity contribution in [3.8, 4) is 11.5 Å². The van der Waals surface area contributed by atoms with Crippen LogP contribution in [0.25, 0.3) is 0 Å². The first-order valence-corrected chi connectivity index (χ1v) is 12.0. The molecule has 0 radical (unpaired) electrons. The molecule has 1 saturated heterocycles. The van der Waals surface area contributed by atoms with E-state index in [0.29, 0.717) is 24.3 Å². The van der Waals surface area contributed by atoms with E-state index in [2.05, 4.69) is 20.6 Å². The number of hydrogen-bond acceptors (Lipinski definition) is 7. The molecule has 1 aromatic heterocycles.